The van der Waals surface area contributed by atoms with Gasteiger partial charge < -0.3 is 10.2 Å². The molecule has 0 spiro atoms. The third-order valence-electron chi connectivity index (χ3n) is 7.86. The lowest BCUT2D eigenvalue weighted by molar-refractivity contribution is 0.205. The fourth-order valence-corrected chi connectivity index (χ4v) is 6.17. The average Bonchev–Trinajstić information content (AvgIpc) is 2.86. The summed E-state index contributed by atoms with van der Waals surface area (Å²) in [5, 5.41) is 3.79. The molecule has 2 aliphatic heterocycles. The maximum Gasteiger partial charge on any atom is 0.0367 e. The van der Waals surface area contributed by atoms with E-state index in [1.165, 1.54) is 63.0 Å². The maximum absolute atomic E-state index is 3.79. The van der Waals surface area contributed by atoms with E-state index in [1.54, 1.807) is 5.56 Å². The Morgan fingerprint density at radius 2 is 1.62 bits per heavy atom. The van der Waals surface area contributed by atoms with Crippen LogP contribution in [0.5, 0.6) is 0 Å². The van der Waals surface area contributed by atoms with E-state index in [4.69, 9.17) is 0 Å². The van der Waals surface area contributed by atoms with Crippen molar-refractivity contribution in [3.63, 3.8) is 0 Å². The van der Waals surface area contributed by atoms with E-state index in [2.05, 4.69) is 81.9 Å². The average molecular weight is 525 g/mol. The Morgan fingerprint density at radius 3 is 2.35 bits per heavy atom. The minimum absolute atomic E-state index is 0. The summed E-state index contributed by atoms with van der Waals surface area (Å²) < 4.78 is 0. The molecule has 2 unspecified atom stereocenters. The Morgan fingerprint density at radius 1 is 0.882 bits per heavy atom. The van der Waals surface area contributed by atoms with Gasteiger partial charge in [-0.25, -0.2) is 0 Å². The van der Waals surface area contributed by atoms with Crippen molar-refractivity contribution in [1.29, 1.82) is 0 Å². The third kappa shape index (κ3) is 6.30. The van der Waals surface area contributed by atoms with Crippen LogP contribution in [0.2, 0.25) is 0 Å². The van der Waals surface area contributed by atoms with Gasteiger partial charge in [0.05, 0.1) is 0 Å². The molecular weight excluding hydrogens is 485 g/mol. The molecular formula is C28H40Cl3N3. The molecule has 1 aliphatic carbocycles. The Bertz CT molecular complexity index is 883. The predicted molar refractivity (Wildman–Crippen MR) is 152 cm³/mol. The number of nitrogens with one attached hydrogen (secondary N) is 1. The Balaban J connectivity index is 0.00000136. The molecule has 1 N–H and O–H groups in total. The highest BCUT2D eigenvalue weighted by Crippen LogP contribution is 2.44. The molecule has 0 radical (unpaired) electrons. The van der Waals surface area contributed by atoms with Crippen molar-refractivity contribution in [2.45, 2.75) is 44.1 Å². The number of anilines is 1. The van der Waals surface area contributed by atoms with Gasteiger partial charge in [0.15, 0.2) is 0 Å². The Kier molecular flexibility index (Phi) is 11.7. The van der Waals surface area contributed by atoms with E-state index in [1.807, 2.05) is 0 Å². The van der Waals surface area contributed by atoms with Crippen LogP contribution in [0.15, 0.2) is 66.7 Å². The van der Waals surface area contributed by atoms with Gasteiger partial charge in [-0.1, -0.05) is 54.6 Å². The van der Waals surface area contributed by atoms with Crippen LogP contribution in [-0.4, -0.2) is 44.2 Å². The molecule has 5 rings (SSSR count). The van der Waals surface area contributed by atoms with Crippen LogP contribution >= 0.6 is 37.2 Å². The van der Waals surface area contributed by atoms with Crippen molar-refractivity contribution in [2.24, 2.45) is 5.92 Å². The molecule has 3 nitrogen and oxygen atoms in total. The van der Waals surface area contributed by atoms with Crippen molar-refractivity contribution in [2.75, 3.05) is 44.2 Å². The van der Waals surface area contributed by atoms with Gasteiger partial charge in [-0.2, -0.15) is 0 Å². The molecule has 3 aliphatic rings. The van der Waals surface area contributed by atoms with E-state index in [0.29, 0.717) is 5.92 Å². The molecule has 6 heteroatoms. The summed E-state index contributed by atoms with van der Waals surface area (Å²) in [4.78, 5) is 5.22. The first kappa shape index (κ1) is 29.0. The minimum Gasteiger partial charge on any atom is -0.369 e. The second kappa shape index (κ2) is 13.8. The van der Waals surface area contributed by atoms with E-state index in [9.17, 15) is 0 Å². The largest absolute Gasteiger partial charge is 0.369 e. The second-order valence-corrected chi connectivity index (χ2v) is 9.65. The van der Waals surface area contributed by atoms with Gasteiger partial charge in [0.25, 0.3) is 0 Å². The van der Waals surface area contributed by atoms with E-state index < -0.39 is 0 Å². The fraction of sp³-hybridized carbons (Fsp3) is 0.500. The summed E-state index contributed by atoms with van der Waals surface area (Å²) >= 11 is 0. The first-order chi connectivity index (χ1) is 15.4. The number of benzene rings is 2. The molecule has 0 amide bonds. The monoisotopic (exact) mass is 523 g/mol. The van der Waals surface area contributed by atoms with E-state index in [0.717, 1.165) is 26.2 Å². The van der Waals surface area contributed by atoms with Crippen molar-refractivity contribution >= 4 is 42.9 Å². The number of hydrogen-bond donors (Lipinski definition) is 1. The molecule has 0 saturated carbocycles. The van der Waals surface area contributed by atoms with Crippen LogP contribution < -0.4 is 10.2 Å². The van der Waals surface area contributed by atoms with Gasteiger partial charge in [0.1, 0.15) is 0 Å². The molecule has 188 valence electrons. The normalized spacial score (nSPS) is 24.2. The topological polar surface area (TPSA) is 18.5 Å². The first-order valence-electron chi connectivity index (χ1n) is 12.3. The van der Waals surface area contributed by atoms with Crippen LogP contribution in [0, 0.1) is 5.92 Å². The molecule has 34 heavy (non-hydrogen) atoms. The third-order valence-corrected chi connectivity index (χ3v) is 7.86. The number of halogens is 3. The Hall–Kier alpha value is -1.23. The number of nitrogens with zero attached hydrogens (tertiary/aromatic N) is 2. The zero-order valence-corrected chi connectivity index (χ0v) is 22.5. The fourth-order valence-electron chi connectivity index (χ4n) is 6.17. The highest BCUT2D eigenvalue weighted by atomic mass is 35.5. The SMILES string of the molecule is C1=CC(C2(CCCN3CCN(c4ccccc4)CC3)CNCc3ccccc32)CCC1.Cl.Cl.Cl. The molecule has 1 fully saturated rings. The van der Waals surface area contributed by atoms with Crippen LogP contribution in [0.25, 0.3) is 0 Å². The summed E-state index contributed by atoms with van der Waals surface area (Å²) in [6.45, 7) is 8.02. The van der Waals surface area contributed by atoms with Crippen LogP contribution in [0.3, 0.4) is 0 Å². The van der Waals surface area contributed by atoms with Gasteiger partial charge in [0.2, 0.25) is 0 Å². The van der Waals surface area contributed by atoms with Crippen LogP contribution in [0.1, 0.15) is 43.2 Å². The van der Waals surface area contributed by atoms with Crippen LogP contribution in [0.4, 0.5) is 5.69 Å². The number of para-hydroxylation sites is 1. The molecule has 2 aromatic rings. The standard InChI is InChI=1S/C28H37N3.3ClH/c1-3-11-25(12-4-1)28(23-29-22-24-10-7-8-15-27(24)28)16-9-17-30-18-20-31(21-19-30)26-13-5-2-6-14-26;;;/h2-3,5-8,10-11,13-15,25,29H,1,4,9,12,16-23H2;3*1H. The smallest absolute Gasteiger partial charge is 0.0367 e. The quantitative estimate of drug-likeness (QED) is 0.451. The summed E-state index contributed by atoms with van der Waals surface area (Å²) in [5.41, 5.74) is 4.77. The van der Waals surface area contributed by atoms with Gasteiger partial charge >= 0.3 is 0 Å². The van der Waals surface area contributed by atoms with E-state index in [-0.39, 0.29) is 42.6 Å². The molecule has 2 atom stereocenters. The van der Waals surface area contributed by atoms with Crippen molar-refractivity contribution < 1.29 is 0 Å². The summed E-state index contributed by atoms with van der Waals surface area (Å²) in [7, 11) is 0. The van der Waals surface area contributed by atoms with E-state index >= 15 is 0 Å². The van der Waals surface area contributed by atoms with Crippen molar-refractivity contribution in [3.8, 4) is 0 Å². The zero-order chi connectivity index (χ0) is 20.9. The van der Waals surface area contributed by atoms with Gasteiger partial charge in [-0.05, 0) is 67.8 Å². The zero-order valence-electron chi connectivity index (χ0n) is 20.0. The highest BCUT2D eigenvalue weighted by molar-refractivity contribution is 5.86. The number of piperazine rings is 1. The van der Waals surface area contributed by atoms with Crippen LogP contribution in [-0.2, 0) is 12.0 Å². The van der Waals surface area contributed by atoms with Gasteiger partial charge in [-0.3, -0.25) is 4.90 Å². The number of rotatable bonds is 6. The lowest BCUT2D eigenvalue weighted by atomic mass is 9.62. The van der Waals surface area contributed by atoms with Crippen molar-refractivity contribution in [1.82, 2.24) is 10.2 Å². The first-order valence-corrected chi connectivity index (χ1v) is 12.3. The molecule has 0 bridgehead atoms. The molecule has 2 heterocycles. The molecule has 1 saturated heterocycles. The highest BCUT2D eigenvalue weighted by Gasteiger charge is 2.42. The molecule has 2 aromatic carbocycles. The van der Waals surface area contributed by atoms with Crippen molar-refractivity contribution in [3.05, 3.63) is 77.9 Å². The minimum atomic E-state index is 0. The molecule has 0 aromatic heterocycles. The number of allylic oxidation sites excluding steroid dienone is 2. The Labute approximate surface area is 224 Å². The van der Waals surface area contributed by atoms with Gasteiger partial charge in [-0.15, -0.1) is 37.2 Å². The number of hydrogen-bond acceptors (Lipinski definition) is 3. The summed E-state index contributed by atoms with van der Waals surface area (Å²) in [6.07, 6.45) is 11.5. The van der Waals surface area contributed by atoms with Gasteiger partial charge in [0, 0.05) is 50.4 Å². The maximum atomic E-state index is 3.79. The number of fused-ring (bicyclic) bond motifs is 1. The predicted octanol–water partition coefficient (Wildman–Crippen LogP) is 6.25. The lowest BCUT2D eigenvalue weighted by Gasteiger charge is -2.46. The lowest BCUT2D eigenvalue weighted by Crippen LogP contribution is -2.49. The summed E-state index contributed by atoms with van der Waals surface area (Å²) in [6, 6.07) is 20.1. The second-order valence-electron chi connectivity index (χ2n) is 9.65. The summed E-state index contributed by atoms with van der Waals surface area (Å²) in [5.74, 6) is 0.671.